The summed E-state index contributed by atoms with van der Waals surface area (Å²) in [7, 11) is 3.78. The van der Waals surface area contributed by atoms with E-state index in [1.807, 2.05) is 51.0 Å². The fourth-order valence-electron chi connectivity index (χ4n) is 3.56. The van der Waals surface area contributed by atoms with Crippen molar-refractivity contribution in [3.8, 4) is 0 Å². The van der Waals surface area contributed by atoms with Crippen LogP contribution in [0.5, 0.6) is 0 Å². The Labute approximate surface area is 184 Å². The average molecular weight is 449 g/mol. The summed E-state index contributed by atoms with van der Waals surface area (Å²) in [5.74, 6) is -0.316. The molecule has 1 atom stereocenters. The predicted molar refractivity (Wildman–Crippen MR) is 117 cm³/mol. The van der Waals surface area contributed by atoms with E-state index < -0.39 is 17.9 Å². The van der Waals surface area contributed by atoms with Gasteiger partial charge in [-0.1, -0.05) is 19.9 Å². The molecule has 1 aliphatic rings. The third-order valence-corrected chi connectivity index (χ3v) is 5.33. The summed E-state index contributed by atoms with van der Waals surface area (Å²) in [5.41, 5.74) is 0.763. The minimum atomic E-state index is -4.55. The molecule has 3 amide bonds. The second-order valence-electron chi connectivity index (χ2n) is 8.22. The zero-order chi connectivity index (χ0) is 23.6. The Bertz CT molecular complexity index is 976. The molecule has 172 valence electrons. The molecule has 0 unspecified atom stereocenters. The number of aromatic nitrogens is 1. The molecule has 3 rings (SSSR count). The molecule has 32 heavy (non-hydrogen) atoms. The van der Waals surface area contributed by atoms with E-state index in [1.165, 1.54) is 15.9 Å². The maximum absolute atomic E-state index is 13.0. The van der Waals surface area contributed by atoms with Crippen LogP contribution in [0.2, 0.25) is 0 Å². The number of rotatable bonds is 6. The van der Waals surface area contributed by atoms with Gasteiger partial charge in [-0.2, -0.15) is 13.2 Å². The first kappa shape index (κ1) is 23.4. The van der Waals surface area contributed by atoms with Crippen LogP contribution < -0.4 is 15.1 Å². The monoisotopic (exact) mass is 449 g/mol. The van der Waals surface area contributed by atoms with Gasteiger partial charge >= 0.3 is 12.2 Å². The number of alkyl halides is 3. The van der Waals surface area contributed by atoms with E-state index in [0.29, 0.717) is 5.69 Å². The lowest BCUT2D eigenvalue weighted by Crippen LogP contribution is -2.42. The molecule has 2 heterocycles. The van der Waals surface area contributed by atoms with Crippen molar-refractivity contribution in [1.82, 2.24) is 9.88 Å². The van der Waals surface area contributed by atoms with Crippen molar-refractivity contribution in [1.29, 1.82) is 0 Å². The quantitative estimate of drug-likeness (QED) is 0.722. The molecule has 0 radical (unpaired) electrons. The molecule has 0 bridgehead atoms. The summed E-state index contributed by atoms with van der Waals surface area (Å²) in [6, 6.07) is 8.67. The van der Waals surface area contributed by atoms with Crippen LogP contribution in [0.3, 0.4) is 0 Å². The van der Waals surface area contributed by atoms with Gasteiger partial charge in [-0.05, 0) is 36.2 Å². The number of carbonyl (C=O) groups excluding carboxylic acids is 2. The summed E-state index contributed by atoms with van der Waals surface area (Å²) in [6.45, 7) is 3.95. The van der Waals surface area contributed by atoms with Gasteiger partial charge in [0.15, 0.2) is 0 Å². The number of pyridine rings is 1. The molecule has 0 spiro atoms. The van der Waals surface area contributed by atoms with E-state index in [0.717, 1.165) is 18.0 Å². The highest BCUT2D eigenvalue weighted by atomic mass is 19.4. The van der Waals surface area contributed by atoms with Crippen LogP contribution in [-0.4, -0.2) is 55.0 Å². The van der Waals surface area contributed by atoms with Crippen molar-refractivity contribution in [3.63, 3.8) is 0 Å². The Hall–Kier alpha value is -3.30. The van der Waals surface area contributed by atoms with Gasteiger partial charge in [-0.25, -0.2) is 9.78 Å². The van der Waals surface area contributed by atoms with Gasteiger partial charge in [-0.3, -0.25) is 9.69 Å². The van der Waals surface area contributed by atoms with Crippen LogP contribution in [0.15, 0.2) is 42.6 Å². The molecule has 1 N–H and O–H groups in total. The second kappa shape index (κ2) is 9.05. The molecule has 1 aromatic carbocycles. The van der Waals surface area contributed by atoms with Gasteiger partial charge in [0.25, 0.3) is 0 Å². The number of carbonyl (C=O) groups is 2. The molecule has 0 aliphatic carbocycles. The molecule has 2 aromatic rings. The Morgan fingerprint density at radius 2 is 1.97 bits per heavy atom. The fourth-order valence-corrected chi connectivity index (χ4v) is 3.56. The van der Waals surface area contributed by atoms with E-state index in [-0.39, 0.29) is 36.6 Å². The average Bonchev–Trinajstić information content (AvgIpc) is 3.04. The van der Waals surface area contributed by atoms with E-state index in [2.05, 4.69) is 10.3 Å². The van der Waals surface area contributed by atoms with Crippen LogP contribution in [0.25, 0.3) is 0 Å². The van der Waals surface area contributed by atoms with Crippen LogP contribution in [0.4, 0.5) is 35.0 Å². The lowest BCUT2D eigenvalue weighted by Gasteiger charge is -2.25. The molecular weight excluding hydrogens is 423 g/mol. The lowest BCUT2D eigenvalue weighted by molar-refractivity contribution is -0.141. The SMILES string of the molecule is CC(C)[C@H]1CN(c2ccc(C(F)(F)F)nc2)C(=O)N1CC(=O)Nc1cccc(N(C)C)c1. The summed E-state index contributed by atoms with van der Waals surface area (Å²) in [6.07, 6.45) is -3.52. The van der Waals surface area contributed by atoms with E-state index in [4.69, 9.17) is 0 Å². The highest BCUT2D eigenvalue weighted by molar-refractivity contribution is 5.99. The largest absolute Gasteiger partial charge is 0.433 e. The highest BCUT2D eigenvalue weighted by Crippen LogP contribution is 2.31. The third-order valence-electron chi connectivity index (χ3n) is 5.33. The van der Waals surface area contributed by atoms with Crippen LogP contribution in [0.1, 0.15) is 19.5 Å². The van der Waals surface area contributed by atoms with Crippen molar-refractivity contribution in [2.75, 3.05) is 42.3 Å². The van der Waals surface area contributed by atoms with E-state index >= 15 is 0 Å². The Balaban J connectivity index is 1.75. The molecule has 1 saturated heterocycles. The minimum absolute atomic E-state index is 0.0382. The maximum Gasteiger partial charge on any atom is 0.433 e. The van der Waals surface area contributed by atoms with Crippen LogP contribution in [-0.2, 0) is 11.0 Å². The topological polar surface area (TPSA) is 68.8 Å². The Morgan fingerprint density at radius 3 is 2.53 bits per heavy atom. The van der Waals surface area contributed by atoms with Crippen LogP contribution in [0, 0.1) is 5.92 Å². The van der Waals surface area contributed by atoms with Gasteiger partial charge in [0.05, 0.1) is 17.9 Å². The number of halogens is 3. The normalized spacial score (nSPS) is 16.6. The molecule has 1 aliphatic heterocycles. The number of urea groups is 1. The summed E-state index contributed by atoms with van der Waals surface area (Å²) in [4.78, 5) is 33.9. The lowest BCUT2D eigenvalue weighted by atomic mass is 10.0. The van der Waals surface area contributed by atoms with Crippen LogP contribution >= 0.6 is 0 Å². The summed E-state index contributed by atoms with van der Waals surface area (Å²) >= 11 is 0. The van der Waals surface area contributed by atoms with Gasteiger partial charge in [-0.15, -0.1) is 0 Å². The van der Waals surface area contributed by atoms with Gasteiger partial charge in [0.1, 0.15) is 12.2 Å². The van der Waals surface area contributed by atoms with Crippen molar-refractivity contribution in [2.24, 2.45) is 5.92 Å². The summed E-state index contributed by atoms with van der Waals surface area (Å²) in [5, 5.41) is 2.81. The highest BCUT2D eigenvalue weighted by Gasteiger charge is 2.41. The molecule has 1 fully saturated rings. The minimum Gasteiger partial charge on any atom is -0.378 e. The smallest absolute Gasteiger partial charge is 0.378 e. The van der Waals surface area contributed by atoms with E-state index in [9.17, 15) is 22.8 Å². The molecular formula is C22H26F3N5O2. The first-order chi connectivity index (χ1) is 15.0. The van der Waals surface area contributed by atoms with Gasteiger partial charge in [0.2, 0.25) is 5.91 Å². The molecule has 0 saturated carbocycles. The van der Waals surface area contributed by atoms with Crippen molar-refractivity contribution in [2.45, 2.75) is 26.1 Å². The van der Waals surface area contributed by atoms with Crippen molar-refractivity contribution < 1.29 is 22.8 Å². The van der Waals surface area contributed by atoms with Crippen molar-refractivity contribution >= 4 is 29.0 Å². The number of nitrogens with zero attached hydrogens (tertiary/aromatic N) is 4. The number of amides is 3. The summed E-state index contributed by atoms with van der Waals surface area (Å²) < 4.78 is 38.4. The van der Waals surface area contributed by atoms with Gasteiger partial charge < -0.3 is 15.1 Å². The second-order valence-corrected chi connectivity index (χ2v) is 8.22. The number of benzene rings is 1. The zero-order valence-corrected chi connectivity index (χ0v) is 18.3. The first-order valence-electron chi connectivity index (χ1n) is 10.2. The number of anilines is 3. The molecule has 10 heteroatoms. The molecule has 7 nitrogen and oxygen atoms in total. The fraction of sp³-hybridized carbons (Fsp3) is 0.409. The third kappa shape index (κ3) is 5.12. The van der Waals surface area contributed by atoms with Crippen molar-refractivity contribution in [3.05, 3.63) is 48.3 Å². The Morgan fingerprint density at radius 1 is 1.25 bits per heavy atom. The number of hydrogen-bond donors (Lipinski definition) is 1. The number of hydrogen-bond acceptors (Lipinski definition) is 4. The predicted octanol–water partition coefficient (Wildman–Crippen LogP) is 4.07. The maximum atomic E-state index is 13.0. The number of nitrogens with one attached hydrogen (secondary N) is 1. The van der Waals surface area contributed by atoms with Gasteiger partial charge in [0, 0.05) is 32.0 Å². The zero-order valence-electron chi connectivity index (χ0n) is 18.3. The first-order valence-corrected chi connectivity index (χ1v) is 10.2. The Kier molecular flexibility index (Phi) is 6.61. The standard InChI is InChI=1S/C22H26F3N5O2/c1-14(2)18-12-29(17-8-9-19(26-11-17)22(23,24)25)21(32)30(18)13-20(31)27-15-6-5-7-16(10-15)28(3)4/h5-11,14,18H,12-13H2,1-4H3,(H,27,31)/t18-/m1/s1. The molecule has 1 aromatic heterocycles. The van der Waals surface area contributed by atoms with E-state index in [1.54, 1.807) is 6.07 Å².